The molecule has 0 spiro atoms. The number of benzene rings is 1. The molecule has 132 valence electrons. The standard InChI is InChI=1S/C18H28N4S2/c1-13-7-6-10-16(14(13)2)20-18(24)22-21-17(23)19-12-11-15-8-4-3-5-9-15/h3-5,8-9,13-14,16H,6-7,10-12H2,1-2H3,(H2,19,21,23)(H2,20,22,24)/t13-,14+,16+/m0/s1. The molecule has 3 atom stereocenters. The predicted octanol–water partition coefficient (Wildman–Crippen LogP) is 2.90. The second-order valence-electron chi connectivity index (χ2n) is 6.59. The number of rotatable bonds is 4. The predicted molar refractivity (Wildman–Crippen MR) is 109 cm³/mol. The average molecular weight is 365 g/mol. The molecule has 4 nitrogen and oxygen atoms in total. The molecule has 1 aromatic carbocycles. The van der Waals surface area contributed by atoms with Crippen LogP contribution < -0.4 is 21.5 Å². The van der Waals surface area contributed by atoms with Crippen molar-refractivity contribution in [3.05, 3.63) is 35.9 Å². The van der Waals surface area contributed by atoms with Gasteiger partial charge in [-0.2, -0.15) is 0 Å². The van der Waals surface area contributed by atoms with Crippen LogP contribution >= 0.6 is 24.4 Å². The first kappa shape index (κ1) is 18.9. The van der Waals surface area contributed by atoms with Gasteiger partial charge in [0.05, 0.1) is 0 Å². The quantitative estimate of drug-likeness (QED) is 0.487. The maximum atomic E-state index is 5.36. The van der Waals surface area contributed by atoms with E-state index in [1.54, 1.807) is 0 Å². The first-order valence-corrected chi connectivity index (χ1v) is 9.52. The third-order valence-corrected chi connectivity index (χ3v) is 5.32. The molecule has 0 saturated heterocycles. The van der Waals surface area contributed by atoms with Crippen LogP contribution in [0.25, 0.3) is 0 Å². The van der Waals surface area contributed by atoms with Crippen molar-refractivity contribution < 1.29 is 0 Å². The maximum absolute atomic E-state index is 5.36. The van der Waals surface area contributed by atoms with Crippen molar-refractivity contribution in [1.29, 1.82) is 0 Å². The maximum Gasteiger partial charge on any atom is 0.185 e. The van der Waals surface area contributed by atoms with Crippen molar-refractivity contribution in [3.63, 3.8) is 0 Å². The lowest BCUT2D eigenvalue weighted by atomic mass is 9.78. The number of nitrogens with one attached hydrogen (secondary N) is 4. The second kappa shape index (κ2) is 9.79. The molecule has 0 aliphatic heterocycles. The highest BCUT2D eigenvalue weighted by Gasteiger charge is 2.27. The zero-order valence-corrected chi connectivity index (χ0v) is 16.1. The normalized spacial score (nSPS) is 23.2. The first-order valence-electron chi connectivity index (χ1n) is 8.70. The van der Waals surface area contributed by atoms with Crippen LogP contribution in [0.3, 0.4) is 0 Å². The van der Waals surface area contributed by atoms with Crippen LogP contribution in [0.15, 0.2) is 30.3 Å². The van der Waals surface area contributed by atoms with Gasteiger partial charge in [-0.15, -0.1) is 0 Å². The highest BCUT2D eigenvalue weighted by atomic mass is 32.1. The van der Waals surface area contributed by atoms with Crippen molar-refractivity contribution in [2.45, 2.75) is 45.6 Å². The first-order chi connectivity index (χ1) is 11.6. The molecule has 24 heavy (non-hydrogen) atoms. The summed E-state index contributed by atoms with van der Waals surface area (Å²) in [6.45, 7) is 5.40. The van der Waals surface area contributed by atoms with E-state index in [1.807, 2.05) is 18.2 Å². The molecular weight excluding hydrogens is 336 g/mol. The Hall–Kier alpha value is -1.40. The van der Waals surface area contributed by atoms with Crippen LogP contribution in [0.2, 0.25) is 0 Å². The minimum absolute atomic E-state index is 0.440. The van der Waals surface area contributed by atoms with E-state index in [-0.39, 0.29) is 0 Å². The van der Waals surface area contributed by atoms with Gasteiger partial charge in [-0.1, -0.05) is 57.0 Å². The van der Waals surface area contributed by atoms with E-state index in [1.165, 1.54) is 24.8 Å². The molecule has 6 heteroatoms. The number of hydrogen-bond donors (Lipinski definition) is 4. The topological polar surface area (TPSA) is 48.1 Å². The molecule has 0 radical (unpaired) electrons. The summed E-state index contributed by atoms with van der Waals surface area (Å²) < 4.78 is 0. The van der Waals surface area contributed by atoms with E-state index >= 15 is 0 Å². The second-order valence-corrected chi connectivity index (χ2v) is 7.41. The van der Waals surface area contributed by atoms with Crippen LogP contribution in [0.4, 0.5) is 0 Å². The molecule has 4 N–H and O–H groups in total. The Morgan fingerprint density at radius 3 is 2.50 bits per heavy atom. The molecule has 1 aliphatic carbocycles. The molecule has 1 saturated carbocycles. The van der Waals surface area contributed by atoms with Crippen molar-refractivity contribution in [2.24, 2.45) is 11.8 Å². The lowest BCUT2D eigenvalue weighted by Crippen LogP contribution is -2.54. The molecule has 0 unspecified atom stereocenters. The summed E-state index contributed by atoms with van der Waals surface area (Å²) in [5.41, 5.74) is 7.22. The number of thiocarbonyl (C=S) groups is 2. The largest absolute Gasteiger partial charge is 0.361 e. The van der Waals surface area contributed by atoms with E-state index in [9.17, 15) is 0 Å². The molecule has 0 heterocycles. The molecule has 1 fully saturated rings. The minimum Gasteiger partial charge on any atom is -0.361 e. The average Bonchev–Trinajstić information content (AvgIpc) is 2.58. The van der Waals surface area contributed by atoms with E-state index in [4.69, 9.17) is 24.4 Å². The highest BCUT2D eigenvalue weighted by molar-refractivity contribution is 7.80. The smallest absolute Gasteiger partial charge is 0.185 e. The summed E-state index contributed by atoms with van der Waals surface area (Å²) in [6.07, 6.45) is 4.68. The molecular formula is C18H28N4S2. The Morgan fingerprint density at radius 2 is 1.75 bits per heavy atom. The Labute approximate surface area is 156 Å². The lowest BCUT2D eigenvalue weighted by molar-refractivity contribution is 0.224. The third-order valence-electron chi connectivity index (χ3n) is 4.85. The number of hydrazine groups is 1. The summed E-state index contributed by atoms with van der Waals surface area (Å²) in [7, 11) is 0. The van der Waals surface area contributed by atoms with Gasteiger partial charge in [0, 0.05) is 12.6 Å². The van der Waals surface area contributed by atoms with Gasteiger partial charge in [-0.3, -0.25) is 10.9 Å². The van der Waals surface area contributed by atoms with Gasteiger partial charge in [0.15, 0.2) is 10.2 Å². The van der Waals surface area contributed by atoms with Crippen LogP contribution in [0.5, 0.6) is 0 Å². The highest BCUT2D eigenvalue weighted by Crippen LogP contribution is 2.29. The SMILES string of the molecule is C[C@@H]1[C@@H](C)CCC[C@H]1NC(=S)NNC(=S)NCCc1ccccc1. The Balaban J connectivity index is 1.61. The summed E-state index contributed by atoms with van der Waals surface area (Å²) in [6, 6.07) is 10.8. The molecule has 0 amide bonds. The van der Waals surface area contributed by atoms with Crippen molar-refractivity contribution in [3.8, 4) is 0 Å². The Bertz CT molecular complexity index is 535. The number of hydrogen-bond acceptors (Lipinski definition) is 2. The lowest BCUT2D eigenvalue weighted by Gasteiger charge is -2.35. The molecule has 2 rings (SSSR count). The Kier molecular flexibility index (Phi) is 7.72. The van der Waals surface area contributed by atoms with Gasteiger partial charge in [-0.25, -0.2) is 0 Å². The van der Waals surface area contributed by atoms with Gasteiger partial charge < -0.3 is 10.6 Å². The van der Waals surface area contributed by atoms with Crippen LogP contribution in [-0.2, 0) is 6.42 Å². The summed E-state index contributed by atoms with van der Waals surface area (Å²) >= 11 is 10.6. The fourth-order valence-electron chi connectivity index (χ4n) is 3.11. The van der Waals surface area contributed by atoms with Gasteiger partial charge in [-0.05, 0) is 54.7 Å². The van der Waals surface area contributed by atoms with E-state index in [2.05, 4.69) is 47.5 Å². The van der Waals surface area contributed by atoms with Crippen molar-refractivity contribution in [2.75, 3.05) is 6.54 Å². The summed E-state index contributed by atoms with van der Waals surface area (Å²) in [5, 5.41) is 7.74. The molecule has 0 bridgehead atoms. The van der Waals surface area contributed by atoms with Gasteiger partial charge in [0.2, 0.25) is 0 Å². The van der Waals surface area contributed by atoms with Crippen LogP contribution in [-0.4, -0.2) is 22.8 Å². The minimum atomic E-state index is 0.440. The molecule has 1 aliphatic rings. The van der Waals surface area contributed by atoms with Crippen LogP contribution in [0.1, 0.15) is 38.7 Å². The fourth-order valence-corrected chi connectivity index (χ4v) is 3.47. The third kappa shape index (κ3) is 6.24. The zero-order chi connectivity index (χ0) is 17.4. The molecule has 0 aromatic heterocycles. The van der Waals surface area contributed by atoms with Gasteiger partial charge in [0.1, 0.15) is 0 Å². The Morgan fingerprint density at radius 1 is 1.04 bits per heavy atom. The van der Waals surface area contributed by atoms with E-state index in [0.717, 1.165) is 18.9 Å². The van der Waals surface area contributed by atoms with Gasteiger partial charge >= 0.3 is 0 Å². The zero-order valence-electron chi connectivity index (χ0n) is 14.5. The summed E-state index contributed by atoms with van der Waals surface area (Å²) in [5.74, 6) is 1.38. The van der Waals surface area contributed by atoms with Gasteiger partial charge in [0.25, 0.3) is 0 Å². The van der Waals surface area contributed by atoms with Crippen LogP contribution in [0, 0.1) is 11.8 Å². The van der Waals surface area contributed by atoms with Crippen molar-refractivity contribution >= 4 is 34.7 Å². The fraction of sp³-hybridized carbons (Fsp3) is 0.556. The van der Waals surface area contributed by atoms with E-state index in [0.29, 0.717) is 22.2 Å². The monoisotopic (exact) mass is 364 g/mol. The molecule has 1 aromatic rings. The van der Waals surface area contributed by atoms with Crippen molar-refractivity contribution in [1.82, 2.24) is 21.5 Å². The summed E-state index contributed by atoms with van der Waals surface area (Å²) in [4.78, 5) is 0. The van der Waals surface area contributed by atoms with E-state index < -0.39 is 0 Å².